The Balaban J connectivity index is 1.79. The minimum absolute atomic E-state index is 0.000860. The standard InChI is InChI=1S/C24H31ClN2O3/c1-26(2)15-4-16-30-24(19-7-11-21(29-3)12-8-19)22-13-14-23(28)27(22)17-18-5-9-20(25)10-6-18/h5-12,22,24H,4,13-17H2,1-3H3. The summed E-state index contributed by atoms with van der Waals surface area (Å²) in [5, 5.41) is 0.698. The number of methoxy groups -OCH3 is 1. The summed E-state index contributed by atoms with van der Waals surface area (Å²) in [6, 6.07) is 15.7. The fraction of sp³-hybridized carbons (Fsp3) is 0.458. The Kier molecular flexibility index (Phi) is 8.14. The average Bonchev–Trinajstić information content (AvgIpc) is 3.10. The highest BCUT2D eigenvalue weighted by atomic mass is 35.5. The van der Waals surface area contributed by atoms with Crippen LogP contribution in [0.25, 0.3) is 0 Å². The van der Waals surface area contributed by atoms with E-state index in [1.54, 1.807) is 7.11 Å². The van der Waals surface area contributed by atoms with Crippen LogP contribution < -0.4 is 4.74 Å². The van der Waals surface area contributed by atoms with Gasteiger partial charge in [0.05, 0.1) is 13.2 Å². The van der Waals surface area contributed by atoms with E-state index in [1.807, 2.05) is 53.4 Å². The summed E-state index contributed by atoms with van der Waals surface area (Å²) in [5.74, 6) is 0.982. The smallest absolute Gasteiger partial charge is 0.223 e. The first-order valence-corrected chi connectivity index (χ1v) is 10.8. The third-order valence-electron chi connectivity index (χ3n) is 5.48. The number of carbonyl (C=O) groups excluding carboxylic acids is 1. The number of nitrogens with zero attached hydrogens (tertiary/aromatic N) is 2. The Morgan fingerprint density at radius 1 is 1.13 bits per heavy atom. The molecule has 2 unspecified atom stereocenters. The molecule has 5 nitrogen and oxygen atoms in total. The molecule has 1 heterocycles. The Hall–Kier alpha value is -2.08. The predicted octanol–water partition coefficient (Wildman–Crippen LogP) is 4.55. The molecular formula is C24H31ClN2O3. The van der Waals surface area contributed by atoms with Gasteiger partial charge in [0.15, 0.2) is 0 Å². The van der Waals surface area contributed by atoms with Crippen molar-refractivity contribution in [2.75, 3.05) is 34.4 Å². The number of rotatable bonds is 10. The van der Waals surface area contributed by atoms with Gasteiger partial charge in [0.2, 0.25) is 5.91 Å². The maximum absolute atomic E-state index is 12.7. The first-order valence-electron chi connectivity index (χ1n) is 10.4. The maximum Gasteiger partial charge on any atom is 0.223 e. The summed E-state index contributed by atoms with van der Waals surface area (Å²) in [6.45, 7) is 2.18. The van der Waals surface area contributed by atoms with Crippen LogP contribution >= 0.6 is 11.6 Å². The van der Waals surface area contributed by atoms with Gasteiger partial charge in [-0.05, 0) is 68.9 Å². The lowest BCUT2D eigenvalue weighted by Crippen LogP contribution is -2.38. The van der Waals surface area contributed by atoms with E-state index in [1.165, 1.54) is 0 Å². The highest BCUT2D eigenvalue weighted by Gasteiger charge is 2.37. The van der Waals surface area contributed by atoms with Gasteiger partial charge in [-0.25, -0.2) is 0 Å². The molecule has 1 fully saturated rings. The van der Waals surface area contributed by atoms with Crippen molar-refractivity contribution in [1.82, 2.24) is 9.80 Å². The molecule has 2 aromatic carbocycles. The number of benzene rings is 2. The van der Waals surface area contributed by atoms with E-state index < -0.39 is 0 Å². The van der Waals surface area contributed by atoms with E-state index >= 15 is 0 Å². The second kappa shape index (κ2) is 10.8. The van der Waals surface area contributed by atoms with Crippen LogP contribution in [-0.2, 0) is 16.1 Å². The molecule has 3 rings (SSSR count). The topological polar surface area (TPSA) is 42.0 Å². The predicted molar refractivity (Wildman–Crippen MR) is 120 cm³/mol. The molecule has 0 radical (unpaired) electrons. The molecule has 0 bridgehead atoms. The van der Waals surface area contributed by atoms with Crippen molar-refractivity contribution in [3.05, 3.63) is 64.7 Å². The number of amides is 1. The molecule has 1 aliphatic heterocycles. The van der Waals surface area contributed by atoms with Crippen molar-refractivity contribution in [1.29, 1.82) is 0 Å². The molecule has 1 saturated heterocycles. The zero-order chi connectivity index (χ0) is 21.5. The molecule has 1 amide bonds. The number of ether oxygens (including phenoxy) is 2. The molecule has 0 spiro atoms. The largest absolute Gasteiger partial charge is 0.497 e. The van der Waals surface area contributed by atoms with Crippen LogP contribution in [0.4, 0.5) is 0 Å². The summed E-state index contributed by atoms with van der Waals surface area (Å²) in [7, 11) is 5.78. The second-order valence-corrected chi connectivity index (χ2v) is 8.41. The minimum Gasteiger partial charge on any atom is -0.497 e. The fourth-order valence-electron chi connectivity index (χ4n) is 3.88. The first-order chi connectivity index (χ1) is 14.5. The van der Waals surface area contributed by atoms with Crippen LogP contribution in [0.5, 0.6) is 5.75 Å². The van der Waals surface area contributed by atoms with Gasteiger partial charge in [-0.2, -0.15) is 0 Å². The van der Waals surface area contributed by atoms with E-state index in [2.05, 4.69) is 19.0 Å². The van der Waals surface area contributed by atoms with E-state index in [0.29, 0.717) is 24.6 Å². The van der Waals surface area contributed by atoms with E-state index in [0.717, 1.165) is 36.3 Å². The quantitative estimate of drug-likeness (QED) is 0.518. The van der Waals surface area contributed by atoms with Gasteiger partial charge in [0.1, 0.15) is 11.9 Å². The number of carbonyl (C=O) groups is 1. The number of likely N-dealkylation sites (tertiary alicyclic amines) is 1. The lowest BCUT2D eigenvalue weighted by molar-refractivity contribution is -0.132. The molecular weight excluding hydrogens is 400 g/mol. The highest BCUT2D eigenvalue weighted by Crippen LogP contribution is 2.35. The van der Waals surface area contributed by atoms with Gasteiger partial charge in [0, 0.05) is 24.6 Å². The van der Waals surface area contributed by atoms with Crippen molar-refractivity contribution in [3.63, 3.8) is 0 Å². The Bertz CT molecular complexity index is 808. The molecule has 2 atom stereocenters. The van der Waals surface area contributed by atoms with Gasteiger partial charge >= 0.3 is 0 Å². The van der Waals surface area contributed by atoms with Gasteiger partial charge < -0.3 is 19.3 Å². The van der Waals surface area contributed by atoms with Crippen molar-refractivity contribution >= 4 is 17.5 Å². The third kappa shape index (κ3) is 5.97. The van der Waals surface area contributed by atoms with Gasteiger partial charge in [-0.1, -0.05) is 35.9 Å². The molecule has 0 N–H and O–H groups in total. The third-order valence-corrected chi connectivity index (χ3v) is 5.73. The molecule has 6 heteroatoms. The molecule has 0 saturated carbocycles. The summed E-state index contributed by atoms with van der Waals surface area (Å²) >= 11 is 6.02. The lowest BCUT2D eigenvalue weighted by atomic mass is 9.99. The first kappa shape index (κ1) is 22.6. The average molecular weight is 431 g/mol. The van der Waals surface area contributed by atoms with Crippen LogP contribution in [0.1, 0.15) is 36.5 Å². The Morgan fingerprint density at radius 2 is 1.83 bits per heavy atom. The molecule has 30 heavy (non-hydrogen) atoms. The van der Waals surface area contributed by atoms with E-state index in [9.17, 15) is 4.79 Å². The summed E-state index contributed by atoms with van der Waals surface area (Å²) in [5.41, 5.74) is 2.14. The number of hydrogen-bond donors (Lipinski definition) is 0. The van der Waals surface area contributed by atoms with Crippen molar-refractivity contribution in [2.45, 2.75) is 38.0 Å². The zero-order valence-electron chi connectivity index (χ0n) is 18.0. The lowest BCUT2D eigenvalue weighted by Gasteiger charge is -2.32. The Morgan fingerprint density at radius 3 is 2.47 bits per heavy atom. The maximum atomic E-state index is 12.7. The SMILES string of the molecule is COc1ccc(C(OCCCN(C)C)C2CCC(=O)N2Cc2ccc(Cl)cc2)cc1. The van der Waals surface area contributed by atoms with Crippen molar-refractivity contribution < 1.29 is 14.3 Å². The number of halogens is 1. The zero-order valence-corrected chi connectivity index (χ0v) is 18.8. The molecule has 0 aliphatic carbocycles. The number of hydrogen-bond acceptors (Lipinski definition) is 4. The van der Waals surface area contributed by atoms with Crippen LogP contribution in [0.2, 0.25) is 5.02 Å². The molecule has 162 valence electrons. The van der Waals surface area contributed by atoms with Crippen LogP contribution in [0, 0.1) is 0 Å². The van der Waals surface area contributed by atoms with Gasteiger partial charge in [-0.3, -0.25) is 4.79 Å². The highest BCUT2D eigenvalue weighted by molar-refractivity contribution is 6.30. The summed E-state index contributed by atoms with van der Waals surface area (Å²) in [6.07, 6.45) is 2.11. The normalized spacial score (nSPS) is 17.6. The van der Waals surface area contributed by atoms with Crippen molar-refractivity contribution in [3.8, 4) is 5.75 Å². The van der Waals surface area contributed by atoms with Gasteiger partial charge in [0.25, 0.3) is 0 Å². The molecule has 2 aromatic rings. The van der Waals surface area contributed by atoms with E-state index in [-0.39, 0.29) is 18.1 Å². The van der Waals surface area contributed by atoms with Crippen molar-refractivity contribution in [2.24, 2.45) is 0 Å². The molecule has 1 aliphatic rings. The van der Waals surface area contributed by atoms with Crippen LogP contribution in [0.15, 0.2) is 48.5 Å². The van der Waals surface area contributed by atoms with Crippen LogP contribution in [-0.4, -0.2) is 56.1 Å². The van der Waals surface area contributed by atoms with E-state index in [4.69, 9.17) is 21.1 Å². The monoisotopic (exact) mass is 430 g/mol. The summed E-state index contributed by atoms with van der Waals surface area (Å²) < 4.78 is 11.7. The minimum atomic E-state index is -0.170. The second-order valence-electron chi connectivity index (χ2n) is 7.98. The fourth-order valence-corrected chi connectivity index (χ4v) is 4.00. The molecule has 0 aromatic heterocycles. The summed E-state index contributed by atoms with van der Waals surface area (Å²) in [4.78, 5) is 16.8. The van der Waals surface area contributed by atoms with Crippen LogP contribution in [0.3, 0.4) is 0 Å². The van der Waals surface area contributed by atoms with Gasteiger partial charge in [-0.15, -0.1) is 0 Å². The Labute approximate surface area is 184 Å².